The molecule has 0 spiro atoms. The number of nitrogens with zero attached hydrogens (tertiary/aromatic N) is 3. The molecule has 0 radical (unpaired) electrons. The van der Waals surface area contributed by atoms with Gasteiger partial charge in [-0.15, -0.1) is 0 Å². The van der Waals surface area contributed by atoms with Crippen molar-refractivity contribution in [3.63, 3.8) is 0 Å². The maximum absolute atomic E-state index is 12.0. The molecule has 1 heterocycles. The summed E-state index contributed by atoms with van der Waals surface area (Å²) in [6.45, 7) is 7.93. The Labute approximate surface area is 170 Å². The molecule has 1 aromatic heterocycles. The molecule has 0 bridgehead atoms. The van der Waals surface area contributed by atoms with Gasteiger partial charge in [0.05, 0.1) is 18.2 Å². The smallest absolute Gasteiger partial charge is 0.334 e. The molecule has 0 aliphatic rings. The van der Waals surface area contributed by atoms with Gasteiger partial charge in [-0.05, 0) is 52.0 Å². The first-order chi connectivity index (χ1) is 13.8. The van der Waals surface area contributed by atoms with Crippen molar-refractivity contribution in [3.05, 3.63) is 72.6 Å². The van der Waals surface area contributed by atoms with Gasteiger partial charge in [0.25, 0.3) is 0 Å². The summed E-state index contributed by atoms with van der Waals surface area (Å²) >= 11 is 0. The maximum atomic E-state index is 12.0. The van der Waals surface area contributed by atoms with E-state index in [1.165, 1.54) is 0 Å². The van der Waals surface area contributed by atoms with E-state index in [4.69, 9.17) is 9.84 Å². The number of hydrogen-bond acceptors (Lipinski definition) is 4. The van der Waals surface area contributed by atoms with E-state index in [0.29, 0.717) is 11.6 Å². The van der Waals surface area contributed by atoms with Crippen LogP contribution in [0, 0.1) is 0 Å². The van der Waals surface area contributed by atoms with E-state index in [-0.39, 0.29) is 12.4 Å². The van der Waals surface area contributed by atoms with Crippen LogP contribution in [0.1, 0.15) is 33.5 Å². The second-order valence-electron chi connectivity index (χ2n) is 7.55. The van der Waals surface area contributed by atoms with Crippen molar-refractivity contribution in [3.8, 4) is 17.1 Å². The molecule has 1 N–H and O–H groups in total. The zero-order valence-electron chi connectivity index (χ0n) is 17.2. The molecule has 0 saturated heterocycles. The van der Waals surface area contributed by atoms with E-state index in [1.807, 2.05) is 86.0 Å². The van der Waals surface area contributed by atoms with Crippen LogP contribution in [0.3, 0.4) is 0 Å². The van der Waals surface area contributed by atoms with Crippen molar-refractivity contribution < 1.29 is 19.2 Å². The van der Waals surface area contributed by atoms with Crippen molar-refractivity contribution in [2.45, 2.75) is 33.2 Å². The highest BCUT2D eigenvalue weighted by atomic mass is 16.5. The molecule has 0 saturated carbocycles. The third kappa shape index (κ3) is 4.37. The van der Waals surface area contributed by atoms with Crippen molar-refractivity contribution in [1.29, 1.82) is 0 Å². The minimum absolute atomic E-state index is 0.211. The lowest BCUT2D eigenvalue weighted by Crippen LogP contribution is -2.38. The average molecular weight is 392 g/mol. The number of esters is 1. The highest BCUT2D eigenvalue weighted by Crippen LogP contribution is 2.24. The van der Waals surface area contributed by atoms with Crippen LogP contribution in [0.4, 0.5) is 0 Å². The van der Waals surface area contributed by atoms with E-state index < -0.39 is 11.5 Å². The Hall–Kier alpha value is -3.41. The number of rotatable bonds is 5. The fourth-order valence-corrected chi connectivity index (χ4v) is 3.03. The number of carbonyl (C=O) groups is 1. The second-order valence-corrected chi connectivity index (χ2v) is 7.55. The van der Waals surface area contributed by atoms with Gasteiger partial charge in [0.2, 0.25) is 0 Å². The van der Waals surface area contributed by atoms with E-state index >= 15 is 0 Å². The van der Waals surface area contributed by atoms with Crippen LogP contribution in [0.2, 0.25) is 0 Å². The fourth-order valence-electron chi connectivity index (χ4n) is 3.03. The second kappa shape index (κ2) is 8.31. The molecule has 0 unspecified atom stereocenters. The average Bonchev–Trinajstić information content (AvgIpc) is 3.11. The summed E-state index contributed by atoms with van der Waals surface area (Å²) in [6, 6.07) is 19.4. The van der Waals surface area contributed by atoms with Gasteiger partial charge in [-0.25, -0.2) is 4.79 Å². The van der Waals surface area contributed by atoms with Crippen molar-refractivity contribution in [1.82, 2.24) is 9.78 Å². The monoisotopic (exact) mass is 392 g/mol. The predicted molar refractivity (Wildman–Crippen MR) is 111 cm³/mol. The minimum atomic E-state index is -0.604. The summed E-state index contributed by atoms with van der Waals surface area (Å²) in [4.78, 5) is 12.0. The lowest BCUT2D eigenvalue weighted by atomic mass is 10.1. The van der Waals surface area contributed by atoms with Crippen LogP contribution >= 0.6 is 0 Å². The number of aliphatic hydroxyl groups is 1. The third-order valence-electron chi connectivity index (χ3n) is 4.27. The summed E-state index contributed by atoms with van der Waals surface area (Å²) in [7, 11) is 0. The van der Waals surface area contributed by atoms with Gasteiger partial charge in [0, 0.05) is 5.10 Å². The Morgan fingerprint density at radius 3 is 2.24 bits per heavy atom. The number of benzene rings is 2. The molecule has 0 aliphatic carbocycles. The molecule has 0 aliphatic heterocycles. The highest BCUT2D eigenvalue weighted by Gasteiger charge is 2.37. The van der Waals surface area contributed by atoms with Crippen molar-refractivity contribution in [2.75, 3.05) is 6.61 Å². The summed E-state index contributed by atoms with van der Waals surface area (Å²) < 4.78 is 8.56. The van der Waals surface area contributed by atoms with Crippen molar-refractivity contribution in [2.24, 2.45) is 0 Å². The standard InChI is InChI=1S/C23H25N3O3/c1-5-29-20(28)16-19(27)22-25(18-14-10-7-11-15-18)21(17-12-8-6-9-13-17)24-26(22)23(2,3)4/h6-16H,5H2,1-4H3/p+1. The first-order valence-electron chi connectivity index (χ1n) is 9.57. The van der Waals surface area contributed by atoms with E-state index in [9.17, 15) is 9.90 Å². The largest absolute Gasteiger partial charge is 0.502 e. The molecule has 150 valence electrons. The Morgan fingerprint density at radius 1 is 1.10 bits per heavy atom. The van der Waals surface area contributed by atoms with Gasteiger partial charge in [0.15, 0.2) is 5.76 Å². The van der Waals surface area contributed by atoms with Crippen LogP contribution in [0.5, 0.6) is 0 Å². The van der Waals surface area contributed by atoms with Gasteiger partial charge < -0.3 is 9.84 Å². The Bertz CT molecular complexity index is 1020. The number of para-hydroxylation sites is 1. The fraction of sp³-hybridized carbons (Fsp3) is 0.261. The summed E-state index contributed by atoms with van der Waals surface area (Å²) in [5.74, 6) is 0.241. The number of hydrogen-bond donors (Lipinski definition) is 1. The molecule has 29 heavy (non-hydrogen) atoms. The third-order valence-corrected chi connectivity index (χ3v) is 4.27. The minimum Gasteiger partial charge on any atom is -0.502 e. The number of ether oxygens (including phenoxy) is 1. The normalized spacial score (nSPS) is 12.1. The van der Waals surface area contributed by atoms with Gasteiger partial charge in [0.1, 0.15) is 11.2 Å². The zero-order chi connectivity index (χ0) is 21.0. The Morgan fingerprint density at radius 2 is 1.69 bits per heavy atom. The summed E-state index contributed by atoms with van der Waals surface area (Å²) in [5, 5.41) is 15.8. The van der Waals surface area contributed by atoms with E-state index in [2.05, 4.69) is 0 Å². The molecule has 6 nitrogen and oxygen atoms in total. The number of carbonyl (C=O) groups excluding carboxylic acids is 1. The lowest BCUT2D eigenvalue weighted by molar-refractivity contribution is -0.588. The molecule has 3 aromatic rings. The maximum Gasteiger partial charge on any atom is 0.334 e. The van der Waals surface area contributed by atoms with Gasteiger partial charge in [-0.3, -0.25) is 0 Å². The molecule has 0 fully saturated rings. The lowest BCUT2D eigenvalue weighted by Gasteiger charge is -2.14. The van der Waals surface area contributed by atoms with Crippen molar-refractivity contribution >= 4 is 11.7 Å². The molecule has 3 rings (SSSR count). The predicted octanol–water partition coefficient (Wildman–Crippen LogP) is 4.04. The van der Waals surface area contributed by atoms with Crippen LogP contribution in [-0.4, -0.2) is 27.5 Å². The van der Waals surface area contributed by atoms with E-state index in [0.717, 1.165) is 17.3 Å². The number of aliphatic hydroxyl groups excluding tert-OH is 1. The highest BCUT2D eigenvalue weighted by molar-refractivity contribution is 5.88. The molecular weight excluding hydrogens is 366 g/mol. The quantitative estimate of drug-likeness (QED) is 0.308. The molecule has 0 atom stereocenters. The van der Waals surface area contributed by atoms with Crippen LogP contribution < -0.4 is 4.57 Å². The van der Waals surface area contributed by atoms with Crippen LogP contribution in [0.25, 0.3) is 22.8 Å². The molecule has 6 heteroatoms. The molecule has 0 amide bonds. The topological polar surface area (TPSA) is 68.2 Å². The first kappa shape index (κ1) is 20.3. The van der Waals surface area contributed by atoms with Crippen LogP contribution in [-0.2, 0) is 15.1 Å². The SMILES string of the molecule is CCOC(=O)/C=C(\O)c1n(C(C)(C)C)nc(-c2ccccc2)[n+]1-c1ccccc1. The van der Waals surface area contributed by atoms with Gasteiger partial charge in [-0.2, -0.15) is 4.57 Å². The zero-order valence-corrected chi connectivity index (χ0v) is 17.2. The molecular formula is C23H26N3O3+. The molecule has 2 aromatic carbocycles. The van der Waals surface area contributed by atoms with Gasteiger partial charge >= 0.3 is 17.6 Å². The van der Waals surface area contributed by atoms with E-state index in [1.54, 1.807) is 11.6 Å². The number of aromatic nitrogens is 3. The van der Waals surface area contributed by atoms with Gasteiger partial charge in [-0.1, -0.05) is 41.1 Å². The summed E-state index contributed by atoms with van der Waals surface area (Å²) in [5.41, 5.74) is 1.26. The Balaban J connectivity index is 2.35. The first-order valence-corrected chi connectivity index (χ1v) is 9.57. The van der Waals surface area contributed by atoms with Crippen LogP contribution in [0.15, 0.2) is 66.7 Å². The Kier molecular flexibility index (Phi) is 5.82. The summed E-state index contributed by atoms with van der Waals surface area (Å²) in [6.07, 6.45) is 1.09.